The second kappa shape index (κ2) is 8.83. The Morgan fingerprint density at radius 3 is 2.42 bits per heavy atom. The summed E-state index contributed by atoms with van der Waals surface area (Å²) in [5.74, 6) is 0.00236. The Labute approximate surface area is 155 Å². The molecular weight excluding hydrogens is 326 g/mol. The molecule has 1 aliphatic rings. The van der Waals surface area contributed by atoms with Gasteiger partial charge in [-0.25, -0.2) is 0 Å². The standard InChI is InChI=1S/C21H27N3O2/c1-17(23(2)16-18-6-4-3-5-7-18)21(25)22-19-8-10-20(11-9-19)24-12-14-26-15-13-24/h3-11,17H,12-16H2,1-2H3,(H,22,25)/t17-/m1/s1. The molecule has 0 saturated carbocycles. The highest BCUT2D eigenvalue weighted by atomic mass is 16.5. The molecule has 5 heteroatoms. The molecule has 1 N–H and O–H groups in total. The van der Waals surface area contributed by atoms with Crippen molar-refractivity contribution in [1.29, 1.82) is 0 Å². The second-order valence-electron chi connectivity index (χ2n) is 6.71. The van der Waals surface area contributed by atoms with E-state index >= 15 is 0 Å². The number of amides is 1. The molecule has 5 nitrogen and oxygen atoms in total. The van der Waals surface area contributed by atoms with Crippen LogP contribution in [0.15, 0.2) is 54.6 Å². The average molecular weight is 353 g/mol. The number of ether oxygens (including phenoxy) is 1. The van der Waals surface area contributed by atoms with Crippen LogP contribution in [0.1, 0.15) is 12.5 Å². The monoisotopic (exact) mass is 353 g/mol. The SMILES string of the molecule is C[C@H](C(=O)Nc1ccc(N2CCOCC2)cc1)N(C)Cc1ccccc1. The van der Waals surface area contributed by atoms with Crippen molar-refractivity contribution in [3.05, 3.63) is 60.2 Å². The van der Waals surface area contributed by atoms with Crippen molar-refractivity contribution in [2.45, 2.75) is 19.5 Å². The number of rotatable bonds is 6. The Bertz CT molecular complexity index is 697. The molecule has 1 heterocycles. The number of anilines is 2. The largest absolute Gasteiger partial charge is 0.378 e. The Kier molecular flexibility index (Phi) is 6.26. The highest BCUT2D eigenvalue weighted by molar-refractivity contribution is 5.94. The molecule has 2 aromatic carbocycles. The number of morpholine rings is 1. The Balaban J connectivity index is 1.54. The first kappa shape index (κ1) is 18.4. The molecule has 1 atom stereocenters. The van der Waals surface area contributed by atoms with E-state index in [2.05, 4.69) is 34.5 Å². The zero-order valence-electron chi connectivity index (χ0n) is 15.5. The van der Waals surface area contributed by atoms with Crippen molar-refractivity contribution >= 4 is 17.3 Å². The van der Waals surface area contributed by atoms with E-state index in [9.17, 15) is 4.79 Å². The van der Waals surface area contributed by atoms with Gasteiger partial charge in [-0.15, -0.1) is 0 Å². The van der Waals surface area contributed by atoms with E-state index in [0.29, 0.717) is 0 Å². The van der Waals surface area contributed by atoms with Crippen LogP contribution in [0, 0.1) is 0 Å². The summed E-state index contributed by atoms with van der Waals surface area (Å²) >= 11 is 0. The Morgan fingerprint density at radius 2 is 1.77 bits per heavy atom. The molecule has 0 aliphatic carbocycles. The number of hydrogen-bond acceptors (Lipinski definition) is 4. The van der Waals surface area contributed by atoms with Gasteiger partial charge >= 0.3 is 0 Å². The molecule has 2 aromatic rings. The first-order valence-electron chi connectivity index (χ1n) is 9.11. The van der Waals surface area contributed by atoms with E-state index in [4.69, 9.17) is 4.74 Å². The highest BCUT2D eigenvalue weighted by Gasteiger charge is 2.18. The molecule has 1 fully saturated rings. The third-order valence-electron chi connectivity index (χ3n) is 4.83. The fraction of sp³-hybridized carbons (Fsp3) is 0.381. The number of hydrogen-bond donors (Lipinski definition) is 1. The van der Waals surface area contributed by atoms with Gasteiger partial charge < -0.3 is 15.0 Å². The summed E-state index contributed by atoms with van der Waals surface area (Å²) in [6.07, 6.45) is 0. The molecule has 0 aromatic heterocycles. The summed E-state index contributed by atoms with van der Waals surface area (Å²) in [6.45, 7) is 6.03. The number of benzene rings is 2. The van der Waals surface area contributed by atoms with E-state index in [-0.39, 0.29) is 11.9 Å². The normalized spacial score (nSPS) is 15.7. The summed E-state index contributed by atoms with van der Waals surface area (Å²) in [5.41, 5.74) is 3.19. The maximum atomic E-state index is 12.6. The summed E-state index contributed by atoms with van der Waals surface area (Å²) in [5, 5.41) is 3.01. The van der Waals surface area contributed by atoms with Gasteiger partial charge in [0, 0.05) is 31.0 Å². The maximum absolute atomic E-state index is 12.6. The third-order valence-corrected chi connectivity index (χ3v) is 4.83. The molecule has 0 spiro atoms. The van der Waals surface area contributed by atoms with Gasteiger partial charge in [0.05, 0.1) is 19.3 Å². The fourth-order valence-electron chi connectivity index (χ4n) is 3.03. The topological polar surface area (TPSA) is 44.8 Å². The lowest BCUT2D eigenvalue weighted by Crippen LogP contribution is -2.39. The minimum atomic E-state index is -0.214. The fourth-order valence-corrected chi connectivity index (χ4v) is 3.03. The van der Waals surface area contributed by atoms with Crippen molar-refractivity contribution in [2.75, 3.05) is 43.6 Å². The quantitative estimate of drug-likeness (QED) is 0.867. The smallest absolute Gasteiger partial charge is 0.241 e. The number of nitrogens with one attached hydrogen (secondary N) is 1. The van der Waals surface area contributed by atoms with E-state index in [1.807, 2.05) is 49.2 Å². The molecule has 26 heavy (non-hydrogen) atoms. The molecule has 0 bridgehead atoms. The van der Waals surface area contributed by atoms with Crippen LogP contribution in [0.2, 0.25) is 0 Å². The van der Waals surface area contributed by atoms with Gasteiger partial charge in [-0.05, 0) is 43.8 Å². The zero-order chi connectivity index (χ0) is 18.4. The van der Waals surface area contributed by atoms with Crippen molar-refractivity contribution in [3.63, 3.8) is 0 Å². The van der Waals surface area contributed by atoms with E-state index in [1.54, 1.807) is 0 Å². The molecule has 0 radical (unpaired) electrons. The van der Waals surface area contributed by atoms with Crippen LogP contribution in [-0.4, -0.2) is 50.2 Å². The van der Waals surface area contributed by atoms with Gasteiger partial charge in [0.15, 0.2) is 0 Å². The summed E-state index contributed by atoms with van der Waals surface area (Å²) in [7, 11) is 1.97. The number of nitrogens with zero attached hydrogens (tertiary/aromatic N) is 2. The first-order valence-corrected chi connectivity index (χ1v) is 9.11. The average Bonchev–Trinajstić information content (AvgIpc) is 2.69. The summed E-state index contributed by atoms with van der Waals surface area (Å²) < 4.78 is 5.39. The highest BCUT2D eigenvalue weighted by Crippen LogP contribution is 2.19. The molecule has 1 aliphatic heterocycles. The predicted octanol–water partition coefficient (Wildman–Crippen LogP) is 2.98. The van der Waals surface area contributed by atoms with Crippen LogP contribution < -0.4 is 10.2 Å². The number of carbonyl (C=O) groups is 1. The van der Waals surface area contributed by atoms with Crippen LogP contribution in [0.25, 0.3) is 0 Å². The van der Waals surface area contributed by atoms with Gasteiger partial charge in [-0.1, -0.05) is 30.3 Å². The molecule has 1 saturated heterocycles. The molecule has 3 rings (SSSR count). The second-order valence-corrected chi connectivity index (χ2v) is 6.71. The van der Waals surface area contributed by atoms with Crippen molar-refractivity contribution in [1.82, 2.24) is 4.90 Å². The van der Waals surface area contributed by atoms with E-state index in [0.717, 1.165) is 38.5 Å². The first-order chi connectivity index (χ1) is 12.6. The van der Waals surface area contributed by atoms with E-state index < -0.39 is 0 Å². The third kappa shape index (κ3) is 4.84. The summed E-state index contributed by atoms with van der Waals surface area (Å²) in [6, 6.07) is 18.0. The molecule has 1 amide bonds. The van der Waals surface area contributed by atoms with Crippen LogP contribution in [0.5, 0.6) is 0 Å². The molecular formula is C21H27N3O2. The van der Waals surface area contributed by atoms with Gasteiger partial charge in [0.2, 0.25) is 5.91 Å². The maximum Gasteiger partial charge on any atom is 0.241 e. The molecule has 138 valence electrons. The van der Waals surface area contributed by atoms with Gasteiger partial charge in [-0.2, -0.15) is 0 Å². The van der Waals surface area contributed by atoms with Crippen molar-refractivity contribution < 1.29 is 9.53 Å². The Hall–Kier alpha value is -2.37. The van der Waals surface area contributed by atoms with Crippen LogP contribution >= 0.6 is 0 Å². The van der Waals surface area contributed by atoms with E-state index in [1.165, 1.54) is 11.3 Å². The predicted molar refractivity (Wildman–Crippen MR) is 105 cm³/mol. The lowest BCUT2D eigenvalue weighted by Gasteiger charge is -2.29. The zero-order valence-corrected chi connectivity index (χ0v) is 15.5. The minimum absolute atomic E-state index is 0.00236. The van der Waals surface area contributed by atoms with Gasteiger partial charge in [-0.3, -0.25) is 9.69 Å². The number of carbonyl (C=O) groups excluding carboxylic acids is 1. The van der Waals surface area contributed by atoms with Crippen LogP contribution in [-0.2, 0) is 16.1 Å². The Morgan fingerprint density at radius 1 is 1.12 bits per heavy atom. The molecule has 0 unspecified atom stereocenters. The van der Waals surface area contributed by atoms with Gasteiger partial charge in [0.1, 0.15) is 0 Å². The van der Waals surface area contributed by atoms with Crippen LogP contribution in [0.4, 0.5) is 11.4 Å². The van der Waals surface area contributed by atoms with Crippen molar-refractivity contribution in [3.8, 4) is 0 Å². The van der Waals surface area contributed by atoms with Crippen molar-refractivity contribution in [2.24, 2.45) is 0 Å². The summed E-state index contributed by atoms with van der Waals surface area (Å²) in [4.78, 5) is 16.9. The van der Waals surface area contributed by atoms with Gasteiger partial charge in [0.25, 0.3) is 0 Å². The lowest BCUT2D eigenvalue weighted by atomic mass is 10.2. The van der Waals surface area contributed by atoms with Crippen LogP contribution in [0.3, 0.4) is 0 Å². The minimum Gasteiger partial charge on any atom is -0.378 e. The lowest BCUT2D eigenvalue weighted by molar-refractivity contribution is -0.120. The number of likely N-dealkylation sites (N-methyl/N-ethyl adjacent to an activating group) is 1.